The number of hydrazone groups is 1. The van der Waals surface area contributed by atoms with E-state index >= 15 is 0 Å². The van der Waals surface area contributed by atoms with E-state index in [9.17, 15) is 4.79 Å². The van der Waals surface area contributed by atoms with Crippen molar-refractivity contribution >= 4 is 11.6 Å². The number of carbonyl (C=O) groups excluding carboxylic acids is 1. The van der Waals surface area contributed by atoms with Gasteiger partial charge in [-0.15, -0.1) is 0 Å². The first-order valence-electron chi connectivity index (χ1n) is 3.98. The largest absolute Gasteiger partial charge is 0.274 e. The van der Waals surface area contributed by atoms with Crippen molar-refractivity contribution < 1.29 is 4.79 Å². The molecule has 0 spiro atoms. The monoisotopic (exact) mass is 154 g/mol. The summed E-state index contributed by atoms with van der Waals surface area (Å²) in [6.45, 7) is 3.42. The van der Waals surface area contributed by atoms with E-state index in [2.05, 4.69) is 10.5 Å². The number of amides is 1. The fraction of sp³-hybridized carbons (Fsp3) is 0.750. The molecule has 1 N–H and O–H groups in total. The van der Waals surface area contributed by atoms with Crippen LogP contribution in [-0.2, 0) is 4.79 Å². The Morgan fingerprint density at radius 1 is 1.55 bits per heavy atom. The molecule has 1 fully saturated rings. The van der Waals surface area contributed by atoms with E-state index in [-0.39, 0.29) is 5.91 Å². The molecule has 0 aromatic carbocycles. The zero-order chi connectivity index (χ0) is 8.27. The maximum Gasteiger partial charge on any atom is 0.236 e. The normalized spacial score (nSPS) is 18.2. The molecule has 1 rings (SSSR count). The predicted octanol–water partition coefficient (Wildman–Crippen LogP) is 1.30. The topological polar surface area (TPSA) is 41.5 Å². The van der Waals surface area contributed by atoms with Crippen LogP contribution in [-0.4, -0.2) is 11.6 Å². The highest BCUT2D eigenvalue weighted by atomic mass is 16.2. The number of hydrogen-bond acceptors (Lipinski definition) is 2. The van der Waals surface area contributed by atoms with E-state index in [1.54, 1.807) is 0 Å². The SMILES string of the molecule is CC(=O)N/N=C(\C)CC1CC1. The van der Waals surface area contributed by atoms with Crippen molar-refractivity contribution in [2.75, 3.05) is 0 Å². The third kappa shape index (κ3) is 3.75. The second-order valence-corrected chi connectivity index (χ2v) is 3.16. The fourth-order valence-electron chi connectivity index (χ4n) is 0.960. The molecule has 1 amide bonds. The summed E-state index contributed by atoms with van der Waals surface area (Å²) < 4.78 is 0. The molecular weight excluding hydrogens is 140 g/mol. The molecule has 1 aliphatic rings. The standard InChI is InChI=1S/C8H14N2O/c1-6(5-8-3-4-8)9-10-7(2)11/h8H,3-5H2,1-2H3,(H,10,11)/b9-6+. The van der Waals surface area contributed by atoms with Crippen LogP contribution in [0.25, 0.3) is 0 Å². The minimum atomic E-state index is -0.0971. The lowest BCUT2D eigenvalue weighted by Gasteiger charge is -1.97. The van der Waals surface area contributed by atoms with Gasteiger partial charge in [-0.3, -0.25) is 4.79 Å². The van der Waals surface area contributed by atoms with Gasteiger partial charge in [-0.05, 0) is 32.1 Å². The number of nitrogens with zero attached hydrogens (tertiary/aromatic N) is 1. The van der Waals surface area contributed by atoms with Crippen molar-refractivity contribution in [3.8, 4) is 0 Å². The van der Waals surface area contributed by atoms with E-state index in [0.717, 1.165) is 18.1 Å². The van der Waals surface area contributed by atoms with Crippen molar-refractivity contribution in [2.45, 2.75) is 33.1 Å². The van der Waals surface area contributed by atoms with Crippen molar-refractivity contribution in [1.29, 1.82) is 0 Å². The molecule has 0 bridgehead atoms. The van der Waals surface area contributed by atoms with E-state index in [4.69, 9.17) is 0 Å². The van der Waals surface area contributed by atoms with E-state index < -0.39 is 0 Å². The summed E-state index contributed by atoms with van der Waals surface area (Å²) in [6, 6.07) is 0. The Bertz CT molecular complexity index is 183. The molecule has 0 aromatic rings. The molecule has 11 heavy (non-hydrogen) atoms. The first-order valence-corrected chi connectivity index (χ1v) is 3.98. The van der Waals surface area contributed by atoms with Gasteiger partial charge in [-0.2, -0.15) is 5.10 Å². The Hall–Kier alpha value is -0.860. The number of carbonyl (C=O) groups is 1. The van der Waals surface area contributed by atoms with E-state index in [1.807, 2.05) is 6.92 Å². The average Bonchev–Trinajstić information content (AvgIpc) is 2.67. The van der Waals surface area contributed by atoms with Crippen LogP contribution in [0.5, 0.6) is 0 Å². The van der Waals surface area contributed by atoms with Crippen molar-refractivity contribution in [2.24, 2.45) is 11.0 Å². The van der Waals surface area contributed by atoms with Gasteiger partial charge >= 0.3 is 0 Å². The molecule has 1 saturated carbocycles. The quantitative estimate of drug-likeness (QED) is 0.483. The van der Waals surface area contributed by atoms with Gasteiger partial charge in [-0.1, -0.05) is 0 Å². The Morgan fingerprint density at radius 3 is 2.64 bits per heavy atom. The summed E-state index contributed by atoms with van der Waals surface area (Å²) in [5.41, 5.74) is 3.46. The highest BCUT2D eigenvalue weighted by Crippen LogP contribution is 2.32. The summed E-state index contributed by atoms with van der Waals surface area (Å²) in [5, 5.41) is 3.92. The van der Waals surface area contributed by atoms with Crippen LogP contribution in [0.3, 0.4) is 0 Å². The fourth-order valence-corrected chi connectivity index (χ4v) is 0.960. The molecule has 0 saturated heterocycles. The Morgan fingerprint density at radius 2 is 2.18 bits per heavy atom. The molecule has 0 atom stereocenters. The highest BCUT2D eigenvalue weighted by molar-refractivity contribution is 5.84. The molecule has 1 aliphatic carbocycles. The zero-order valence-corrected chi connectivity index (χ0v) is 7.05. The van der Waals surface area contributed by atoms with Crippen LogP contribution >= 0.6 is 0 Å². The first kappa shape index (κ1) is 8.24. The minimum Gasteiger partial charge on any atom is -0.274 e. The lowest BCUT2D eigenvalue weighted by Crippen LogP contribution is -2.14. The van der Waals surface area contributed by atoms with Crippen LogP contribution in [0.4, 0.5) is 0 Å². The van der Waals surface area contributed by atoms with Crippen LogP contribution < -0.4 is 5.43 Å². The molecular formula is C8H14N2O. The lowest BCUT2D eigenvalue weighted by atomic mass is 10.2. The Balaban J connectivity index is 2.20. The Kier molecular flexibility index (Phi) is 2.63. The molecule has 0 heterocycles. The first-order chi connectivity index (χ1) is 5.18. The summed E-state index contributed by atoms with van der Waals surface area (Å²) in [4.78, 5) is 10.4. The minimum absolute atomic E-state index is 0.0971. The molecule has 0 unspecified atom stereocenters. The number of rotatable bonds is 3. The number of hydrogen-bond donors (Lipinski definition) is 1. The second-order valence-electron chi connectivity index (χ2n) is 3.16. The summed E-state index contributed by atoms with van der Waals surface area (Å²) >= 11 is 0. The van der Waals surface area contributed by atoms with Crippen LogP contribution in [0.1, 0.15) is 33.1 Å². The van der Waals surface area contributed by atoms with Gasteiger partial charge in [0.1, 0.15) is 0 Å². The third-order valence-corrected chi connectivity index (χ3v) is 1.69. The summed E-state index contributed by atoms with van der Waals surface area (Å²) in [6.07, 6.45) is 3.69. The van der Waals surface area contributed by atoms with Gasteiger partial charge in [0, 0.05) is 12.6 Å². The van der Waals surface area contributed by atoms with Crippen molar-refractivity contribution in [3.05, 3.63) is 0 Å². The molecule has 3 nitrogen and oxygen atoms in total. The average molecular weight is 154 g/mol. The number of nitrogens with one attached hydrogen (secondary N) is 1. The summed E-state index contributed by atoms with van der Waals surface area (Å²) in [5.74, 6) is 0.743. The van der Waals surface area contributed by atoms with Gasteiger partial charge in [0.25, 0.3) is 0 Å². The predicted molar refractivity (Wildman–Crippen MR) is 44.3 cm³/mol. The highest BCUT2D eigenvalue weighted by Gasteiger charge is 2.21. The van der Waals surface area contributed by atoms with Crippen LogP contribution in [0.2, 0.25) is 0 Å². The maximum absolute atomic E-state index is 10.4. The van der Waals surface area contributed by atoms with Crippen molar-refractivity contribution in [3.63, 3.8) is 0 Å². The zero-order valence-electron chi connectivity index (χ0n) is 7.05. The van der Waals surface area contributed by atoms with Gasteiger partial charge in [0.15, 0.2) is 0 Å². The van der Waals surface area contributed by atoms with Gasteiger partial charge < -0.3 is 0 Å². The lowest BCUT2D eigenvalue weighted by molar-refractivity contribution is -0.118. The maximum atomic E-state index is 10.4. The second kappa shape index (κ2) is 3.51. The molecule has 0 aromatic heterocycles. The smallest absolute Gasteiger partial charge is 0.236 e. The van der Waals surface area contributed by atoms with Crippen LogP contribution in [0.15, 0.2) is 5.10 Å². The van der Waals surface area contributed by atoms with Crippen LogP contribution in [0, 0.1) is 5.92 Å². The third-order valence-electron chi connectivity index (χ3n) is 1.69. The van der Waals surface area contributed by atoms with Crippen molar-refractivity contribution in [1.82, 2.24) is 5.43 Å². The molecule has 0 aliphatic heterocycles. The molecule has 0 radical (unpaired) electrons. The van der Waals surface area contributed by atoms with Gasteiger partial charge in [-0.25, -0.2) is 5.43 Å². The van der Waals surface area contributed by atoms with E-state index in [1.165, 1.54) is 19.8 Å². The summed E-state index contributed by atoms with van der Waals surface area (Å²) in [7, 11) is 0. The van der Waals surface area contributed by atoms with Gasteiger partial charge in [0.05, 0.1) is 0 Å². The molecule has 62 valence electrons. The molecule has 3 heteroatoms. The van der Waals surface area contributed by atoms with E-state index in [0.29, 0.717) is 0 Å². The van der Waals surface area contributed by atoms with Gasteiger partial charge in [0.2, 0.25) is 5.91 Å². The Labute approximate surface area is 66.9 Å².